The first kappa shape index (κ1) is 36.6. The molecule has 13 heteroatoms. The number of hydrogen-bond acceptors (Lipinski definition) is 11. The molecule has 3 fully saturated rings. The Kier molecular flexibility index (Phi) is 13.7. The lowest BCUT2D eigenvalue weighted by Gasteiger charge is -2.24. The van der Waals surface area contributed by atoms with E-state index < -0.39 is 11.7 Å². The van der Waals surface area contributed by atoms with Gasteiger partial charge in [-0.1, -0.05) is 37.8 Å². The summed E-state index contributed by atoms with van der Waals surface area (Å²) in [4.78, 5) is 38.4. The van der Waals surface area contributed by atoms with Gasteiger partial charge in [0.2, 0.25) is 17.8 Å². The summed E-state index contributed by atoms with van der Waals surface area (Å²) in [5, 5.41) is 16.0. The molecule has 270 valence electrons. The van der Waals surface area contributed by atoms with Crippen LogP contribution in [0.5, 0.6) is 0 Å². The zero-order valence-corrected chi connectivity index (χ0v) is 29.5. The van der Waals surface area contributed by atoms with E-state index in [0.29, 0.717) is 87.3 Å². The van der Waals surface area contributed by atoms with Gasteiger partial charge in [0.1, 0.15) is 5.60 Å². The molecule has 3 aliphatic carbocycles. The summed E-state index contributed by atoms with van der Waals surface area (Å²) in [6, 6.07) is 7.94. The molecule has 5 rings (SSSR count). The van der Waals surface area contributed by atoms with Crippen LogP contribution in [0, 0.1) is 17.8 Å². The largest absolute Gasteiger partial charge is 0.444 e. The van der Waals surface area contributed by atoms with Crippen molar-refractivity contribution < 1.29 is 23.8 Å². The van der Waals surface area contributed by atoms with Gasteiger partial charge in [-0.2, -0.15) is 15.0 Å². The molecule has 49 heavy (non-hydrogen) atoms. The third kappa shape index (κ3) is 12.6. The number of amides is 2. The van der Waals surface area contributed by atoms with E-state index in [2.05, 4.69) is 26.6 Å². The molecule has 3 atom stereocenters. The van der Waals surface area contributed by atoms with Gasteiger partial charge >= 0.3 is 6.09 Å². The van der Waals surface area contributed by atoms with E-state index in [1.807, 2.05) is 45.0 Å². The van der Waals surface area contributed by atoms with Crippen LogP contribution in [0.4, 0.5) is 22.6 Å². The molecule has 13 nitrogen and oxygen atoms in total. The zero-order chi connectivity index (χ0) is 34.5. The molecule has 0 aliphatic heterocycles. The predicted molar refractivity (Wildman–Crippen MR) is 190 cm³/mol. The SMILES string of the molecule is CC(C)(C)OC(=O)NCCOCCOCCNC(=O)c1ccc(CNc2nc(NCC3CCCCC3)nc(NC3CC4CCC3C4)n2)cc1. The van der Waals surface area contributed by atoms with Gasteiger partial charge in [0.15, 0.2) is 0 Å². The number of hydrogen-bond donors (Lipinski definition) is 5. The van der Waals surface area contributed by atoms with E-state index >= 15 is 0 Å². The minimum Gasteiger partial charge on any atom is -0.444 e. The maximum absolute atomic E-state index is 12.6. The van der Waals surface area contributed by atoms with Gasteiger partial charge in [0.25, 0.3) is 5.91 Å². The Hall–Kier alpha value is -3.71. The summed E-state index contributed by atoms with van der Waals surface area (Å²) in [5.41, 5.74) is 1.07. The van der Waals surface area contributed by atoms with Crippen molar-refractivity contribution in [1.82, 2.24) is 25.6 Å². The first-order valence-electron chi connectivity index (χ1n) is 18.2. The molecule has 0 spiro atoms. The first-order chi connectivity index (χ1) is 23.7. The monoisotopic (exact) mass is 680 g/mol. The third-order valence-corrected chi connectivity index (χ3v) is 9.45. The lowest BCUT2D eigenvalue weighted by atomic mass is 9.89. The van der Waals surface area contributed by atoms with Crippen molar-refractivity contribution in [3.05, 3.63) is 35.4 Å². The molecule has 1 aromatic carbocycles. The Labute approximate surface area is 290 Å². The van der Waals surface area contributed by atoms with Crippen molar-refractivity contribution in [3.63, 3.8) is 0 Å². The molecule has 1 aromatic heterocycles. The summed E-state index contributed by atoms with van der Waals surface area (Å²) in [5.74, 6) is 3.85. The van der Waals surface area contributed by atoms with Crippen LogP contribution in [0.1, 0.15) is 94.5 Å². The Morgan fingerprint density at radius 3 is 2.10 bits per heavy atom. The van der Waals surface area contributed by atoms with Crippen molar-refractivity contribution in [2.24, 2.45) is 17.8 Å². The minimum absolute atomic E-state index is 0.157. The third-order valence-electron chi connectivity index (χ3n) is 9.45. The van der Waals surface area contributed by atoms with Crippen LogP contribution in [-0.2, 0) is 20.8 Å². The average Bonchev–Trinajstić information content (AvgIpc) is 3.71. The fraction of sp³-hybridized carbons (Fsp3) is 0.694. The summed E-state index contributed by atoms with van der Waals surface area (Å²) >= 11 is 0. The van der Waals surface area contributed by atoms with Gasteiger partial charge in [-0.15, -0.1) is 0 Å². The van der Waals surface area contributed by atoms with Crippen molar-refractivity contribution >= 4 is 29.8 Å². The van der Waals surface area contributed by atoms with Gasteiger partial charge in [0.05, 0.1) is 26.4 Å². The van der Waals surface area contributed by atoms with Gasteiger partial charge in [-0.3, -0.25) is 4.79 Å². The summed E-state index contributed by atoms with van der Waals surface area (Å²) in [6.45, 7) is 9.11. The highest BCUT2D eigenvalue weighted by molar-refractivity contribution is 5.94. The number of ether oxygens (including phenoxy) is 3. The highest BCUT2D eigenvalue weighted by Gasteiger charge is 2.39. The molecule has 2 aromatic rings. The average molecular weight is 681 g/mol. The van der Waals surface area contributed by atoms with E-state index in [1.165, 1.54) is 57.8 Å². The molecular weight excluding hydrogens is 624 g/mol. The van der Waals surface area contributed by atoms with Crippen LogP contribution < -0.4 is 26.6 Å². The topological polar surface area (TPSA) is 161 Å². The highest BCUT2D eigenvalue weighted by atomic mass is 16.6. The van der Waals surface area contributed by atoms with Crippen LogP contribution in [0.3, 0.4) is 0 Å². The van der Waals surface area contributed by atoms with Crippen LogP contribution >= 0.6 is 0 Å². The number of carbonyl (C=O) groups is 2. The number of nitrogens with one attached hydrogen (secondary N) is 5. The molecule has 3 unspecified atom stereocenters. The van der Waals surface area contributed by atoms with Crippen LogP contribution in [0.2, 0.25) is 0 Å². The second kappa shape index (κ2) is 18.3. The van der Waals surface area contributed by atoms with Gasteiger partial charge in [-0.05, 0) is 88.3 Å². The maximum atomic E-state index is 12.6. The normalized spacial score (nSPS) is 20.5. The number of fused-ring (bicyclic) bond motifs is 2. The molecule has 1 heterocycles. The number of rotatable bonds is 18. The van der Waals surface area contributed by atoms with Crippen molar-refractivity contribution in [2.75, 3.05) is 62.0 Å². The molecule has 3 aliphatic rings. The van der Waals surface area contributed by atoms with E-state index in [9.17, 15) is 9.59 Å². The quantitative estimate of drug-likeness (QED) is 0.129. The standard InChI is InChI=1S/C36H56N8O5/c1-36(2,3)49-35(46)38-16-18-48-20-19-47-17-15-37-31(45)28-12-9-26(10-13-28)24-40-33-42-32(39-23-25-7-5-4-6-8-25)43-34(44-33)41-30-22-27-11-14-29(30)21-27/h9-10,12-13,25,27,29-30H,4-8,11,14-24H2,1-3H3,(H,37,45)(H,38,46)(H3,39,40,41,42,43,44). The molecular formula is C36H56N8O5. The minimum atomic E-state index is -0.529. The number of nitrogens with zero attached hydrogens (tertiary/aromatic N) is 3. The highest BCUT2D eigenvalue weighted by Crippen LogP contribution is 2.45. The lowest BCUT2D eigenvalue weighted by Crippen LogP contribution is -2.34. The fourth-order valence-electron chi connectivity index (χ4n) is 6.97. The molecule has 0 saturated heterocycles. The van der Waals surface area contributed by atoms with Crippen molar-refractivity contribution in [3.8, 4) is 0 Å². The van der Waals surface area contributed by atoms with Gasteiger partial charge < -0.3 is 40.8 Å². The smallest absolute Gasteiger partial charge is 0.407 e. The van der Waals surface area contributed by atoms with Crippen LogP contribution in [-0.4, -0.2) is 84.7 Å². The van der Waals surface area contributed by atoms with Gasteiger partial charge in [-0.25, -0.2) is 4.79 Å². The molecule has 2 amide bonds. The predicted octanol–water partition coefficient (Wildman–Crippen LogP) is 5.36. The number of anilines is 3. The Balaban J connectivity index is 1.00. The fourth-order valence-corrected chi connectivity index (χ4v) is 6.97. The Bertz CT molecular complexity index is 1330. The first-order valence-corrected chi connectivity index (χ1v) is 18.2. The maximum Gasteiger partial charge on any atom is 0.407 e. The molecule has 3 saturated carbocycles. The summed E-state index contributed by atoms with van der Waals surface area (Å²) < 4.78 is 16.1. The summed E-state index contributed by atoms with van der Waals surface area (Å²) in [6.07, 6.45) is 11.2. The number of benzene rings is 1. The van der Waals surface area contributed by atoms with Crippen molar-refractivity contribution in [2.45, 2.75) is 96.7 Å². The molecule has 5 N–H and O–H groups in total. The molecule has 2 bridgehead atoms. The van der Waals surface area contributed by atoms with Crippen molar-refractivity contribution in [1.29, 1.82) is 0 Å². The van der Waals surface area contributed by atoms with E-state index in [4.69, 9.17) is 29.2 Å². The lowest BCUT2D eigenvalue weighted by molar-refractivity contribution is 0.0400. The number of alkyl carbamates (subject to hydrolysis) is 1. The van der Waals surface area contributed by atoms with E-state index in [-0.39, 0.29) is 5.91 Å². The second-order valence-corrected chi connectivity index (χ2v) is 14.6. The van der Waals surface area contributed by atoms with Crippen LogP contribution in [0.15, 0.2) is 24.3 Å². The summed E-state index contributed by atoms with van der Waals surface area (Å²) in [7, 11) is 0. The number of aromatic nitrogens is 3. The number of carbonyl (C=O) groups excluding carboxylic acids is 2. The van der Waals surface area contributed by atoms with E-state index in [1.54, 1.807) is 0 Å². The van der Waals surface area contributed by atoms with E-state index in [0.717, 1.165) is 18.0 Å². The van der Waals surface area contributed by atoms with Gasteiger partial charge in [0, 0.05) is 37.8 Å². The molecule has 0 radical (unpaired) electrons. The second-order valence-electron chi connectivity index (χ2n) is 14.6. The zero-order valence-electron chi connectivity index (χ0n) is 29.5. The van der Waals surface area contributed by atoms with Crippen LogP contribution in [0.25, 0.3) is 0 Å². The Morgan fingerprint density at radius 1 is 0.776 bits per heavy atom. The Morgan fingerprint density at radius 2 is 1.45 bits per heavy atom.